The van der Waals surface area contributed by atoms with Crippen molar-refractivity contribution in [2.45, 2.75) is 32.1 Å². The van der Waals surface area contributed by atoms with E-state index in [1.807, 2.05) is 6.92 Å². The van der Waals surface area contributed by atoms with Crippen molar-refractivity contribution in [1.29, 1.82) is 0 Å². The zero-order chi connectivity index (χ0) is 13.8. The standard InChI is InChI=1S/C13H19NO3S/c1-4-8-14-18(16,17)12-7-5-6-11(9-12)13(15)10(2)3/h5-7,9-10,14H,4,8H2,1-3H3. The molecule has 0 aliphatic carbocycles. The molecular formula is C13H19NO3S. The Bertz CT molecular complexity index is 521. The first kappa shape index (κ1) is 14.9. The van der Waals surface area contributed by atoms with Crippen LogP contribution in [0.4, 0.5) is 0 Å². The van der Waals surface area contributed by atoms with Crippen LogP contribution in [0.15, 0.2) is 29.2 Å². The number of sulfonamides is 1. The molecule has 0 spiro atoms. The molecule has 0 aliphatic rings. The number of carbonyl (C=O) groups excluding carboxylic acids is 1. The Hall–Kier alpha value is -1.20. The van der Waals surface area contributed by atoms with E-state index in [1.54, 1.807) is 26.0 Å². The van der Waals surface area contributed by atoms with Crippen LogP contribution < -0.4 is 4.72 Å². The molecule has 0 amide bonds. The highest BCUT2D eigenvalue weighted by atomic mass is 32.2. The van der Waals surface area contributed by atoms with Gasteiger partial charge in [0.05, 0.1) is 4.90 Å². The summed E-state index contributed by atoms with van der Waals surface area (Å²) in [5.41, 5.74) is 0.435. The normalized spacial score (nSPS) is 11.8. The topological polar surface area (TPSA) is 63.2 Å². The summed E-state index contributed by atoms with van der Waals surface area (Å²) in [5, 5.41) is 0. The summed E-state index contributed by atoms with van der Waals surface area (Å²) in [4.78, 5) is 12.0. The third kappa shape index (κ3) is 3.65. The van der Waals surface area contributed by atoms with Crippen LogP contribution in [-0.4, -0.2) is 20.7 Å². The lowest BCUT2D eigenvalue weighted by Crippen LogP contribution is -2.24. The van der Waals surface area contributed by atoms with Gasteiger partial charge in [0.1, 0.15) is 0 Å². The molecule has 0 aromatic heterocycles. The quantitative estimate of drug-likeness (QED) is 0.805. The van der Waals surface area contributed by atoms with Crippen molar-refractivity contribution in [3.05, 3.63) is 29.8 Å². The Labute approximate surface area is 108 Å². The highest BCUT2D eigenvalue weighted by Crippen LogP contribution is 2.14. The van der Waals surface area contributed by atoms with Gasteiger partial charge in [-0.05, 0) is 18.6 Å². The molecule has 5 heteroatoms. The van der Waals surface area contributed by atoms with Gasteiger partial charge < -0.3 is 0 Å². The highest BCUT2D eigenvalue weighted by molar-refractivity contribution is 7.89. The largest absolute Gasteiger partial charge is 0.294 e. The number of hydrogen-bond acceptors (Lipinski definition) is 3. The number of Topliss-reactive ketones (excluding diaryl/α,β-unsaturated/α-hetero) is 1. The molecule has 0 fully saturated rings. The van der Waals surface area contributed by atoms with E-state index in [2.05, 4.69) is 4.72 Å². The number of carbonyl (C=O) groups is 1. The van der Waals surface area contributed by atoms with Gasteiger partial charge in [-0.15, -0.1) is 0 Å². The molecule has 0 saturated heterocycles. The molecule has 0 atom stereocenters. The number of ketones is 1. The van der Waals surface area contributed by atoms with Crippen LogP contribution in [0, 0.1) is 5.92 Å². The summed E-state index contributed by atoms with van der Waals surface area (Å²) in [5.74, 6) is -0.200. The molecule has 0 unspecified atom stereocenters. The van der Waals surface area contributed by atoms with Crippen molar-refractivity contribution in [3.63, 3.8) is 0 Å². The molecule has 0 radical (unpaired) electrons. The van der Waals surface area contributed by atoms with E-state index in [9.17, 15) is 13.2 Å². The minimum atomic E-state index is -3.51. The molecule has 1 rings (SSSR count). The molecule has 0 heterocycles. The SMILES string of the molecule is CCCNS(=O)(=O)c1cccc(C(=O)C(C)C)c1. The Morgan fingerprint density at radius 1 is 1.33 bits per heavy atom. The molecule has 0 bridgehead atoms. The van der Waals surface area contributed by atoms with Crippen molar-refractivity contribution in [3.8, 4) is 0 Å². The van der Waals surface area contributed by atoms with Gasteiger partial charge in [-0.3, -0.25) is 4.79 Å². The molecule has 0 saturated carbocycles. The van der Waals surface area contributed by atoms with Gasteiger partial charge in [-0.2, -0.15) is 0 Å². The fourth-order valence-corrected chi connectivity index (χ4v) is 2.65. The Morgan fingerprint density at radius 3 is 2.56 bits per heavy atom. The van der Waals surface area contributed by atoms with E-state index in [4.69, 9.17) is 0 Å². The van der Waals surface area contributed by atoms with E-state index in [1.165, 1.54) is 12.1 Å². The average molecular weight is 269 g/mol. The minimum Gasteiger partial charge on any atom is -0.294 e. The number of nitrogens with one attached hydrogen (secondary N) is 1. The Balaban J connectivity index is 3.06. The molecule has 1 aromatic rings. The van der Waals surface area contributed by atoms with Gasteiger partial charge in [0.2, 0.25) is 10.0 Å². The maximum absolute atomic E-state index is 11.9. The molecule has 1 aromatic carbocycles. The lowest BCUT2D eigenvalue weighted by Gasteiger charge is -2.08. The molecule has 1 N–H and O–H groups in total. The van der Waals surface area contributed by atoms with E-state index in [-0.39, 0.29) is 16.6 Å². The number of hydrogen-bond donors (Lipinski definition) is 1. The lowest BCUT2D eigenvalue weighted by molar-refractivity contribution is 0.0939. The predicted molar refractivity (Wildman–Crippen MR) is 71.1 cm³/mol. The van der Waals surface area contributed by atoms with Gasteiger partial charge in [-0.1, -0.05) is 32.9 Å². The number of rotatable bonds is 6. The van der Waals surface area contributed by atoms with Gasteiger partial charge >= 0.3 is 0 Å². The Kier molecular flexibility index (Phi) is 5.04. The van der Waals surface area contributed by atoms with E-state index >= 15 is 0 Å². The average Bonchev–Trinajstić information content (AvgIpc) is 2.35. The summed E-state index contributed by atoms with van der Waals surface area (Å²) in [6.45, 7) is 5.86. The summed E-state index contributed by atoms with van der Waals surface area (Å²) < 4.78 is 26.3. The summed E-state index contributed by atoms with van der Waals surface area (Å²) in [6.07, 6.45) is 0.726. The summed E-state index contributed by atoms with van der Waals surface area (Å²) >= 11 is 0. The van der Waals surface area contributed by atoms with Crippen LogP contribution in [-0.2, 0) is 10.0 Å². The lowest BCUT2D eigenvalue weighted by atomic mass is 10.0. The summed E-state index contributed by atoms with van der Waals surface area (Å²) in [7, 11) is -3.51. The van der Waals surface area contributed by atoms with E-state index in [0.717, 1.165) is 6.42 Å². The highest BCUT2D eigenvalue weighted by Gasteiger charge is 2.16. The van der Waals surface area contributed by atoms with Gasteiger partial charge in [0.15, 0.2) is 5.78 Å². The minimum absolute atomic E-state index is 0.0532. The first-order valence-corrected chi connectivity index (χ1v) is 7.50. The predicted octanol–water partition coefficient (Wildman–Crippen LogP) is 2.21. The Morgan fingerprint density at radius 2 is 2.00 bits per heavy atom. The van der Waals surface area contributed by atoms with Crippen molar-refractivity contribution >= 4 is 15.8 Å². The maximum Gasteiger partial charge on any atom is 0.240 e. The van der Waals surface area contributed by atoms with Crippen LogP contribution in [0.2, 0.25) is 0 Å². The smallest absolute Gasteiger partial charge is 0.240 e. The van der Waals surface area contributed by atoms with Crippen LogP contribution in [0.1, 0.15) is 37.6 Å². The van der Waals surface area contributed by atoms with Crippen LogP contribution in [0.3, 0.4) is 0 Å². The van der Waals surface area contributed by atoms with Gasteiger partial charge in [0, 0.05) is 18.0 Å². The molecule has 0 aliphatic heterocycles. The second-order valence-corrected chi connectivity index (χ2v) is 6.21. The van der Waals surface area contributed by atoms with Crippen LogP contribution >= 0.6 is 0 Å². The monoisotopic (exact) mass is 269 g/mol. The maximum atomic E-state index is 11.9. The van der Waals surface area contributed by atoms with Crippen molar-refractivity contribution in [2.24, 2.45) is 5.92 Å². The van der Waals surface area contributed by atoms with Crippen molar-refractivity contribution in [2.75, 3.05) is 6.54 Å². The summed E-state index contributed by atoms with van der Waals surface area (Å²) in [6, 6.07) is 6.16. The fraction of sp³-hybridized carbons (Fsp3) is 0.462. The third-order valence-corrected chi connectivity index (χ3v) is 3.95. The second kappa shape index (κ2) is 6.11. The molecular weight excluding hydrogens is 250 g/mol. The first-order valence-electron chi connectivity index (χ1n) is 6.02. The van der Waals surface area contributed by atoms with Crippen molar-refractivity contribution in [1.82, 2.24) is 4.72 Å². The van der Waals surface area contributed by atoms with Gasteiger partial charge in [-0.25, -0.2) is 13.1 Å². The second-order valence-electron chi connectivity index (χ2n) is 4.44. The zero-order valence-electron chi connectivity index (χ0n) is 10.9. The van der Waals surface area contributed by atoms with E-state index in [0.29, 0.717) is 12.1 Å². The zero-order valence-corrected chi connectivity index (χ0v) is 11.8. The van der Waals surface area contributed by atoms with Gasteiger partial charge in [0.25, 0.3) is 0 Å². The molecule has 18 heavy (non-hydrogen) atoms. The fourth-order valence-electron chi connectivity index (χ4n) is 1.47. The first-order chi connectivity index (χ1) is 8.38. The van der Waals surface area contributed by atoms with Crippen LogP contribution in [0.5, 0.6) is 0 Å². The van der Waals surface area contributed by atoms with Crippen LogP contribution in [0.25, 0.3) is 0 Å². The van der Waals surface area contributed by atoms with Crippen molar-refractivity contribution < 1.29 is 13.2 Å². The number of benzene rings is 1. The van der Waals surface area contributed by atoms with E-state index < -0.39 is 10.0 Å². The third-order valence-electron chi connectivity index (χ3n) is 2.50. The molecule has 100 valence electrons. The molecule has 4 nitrogen and oxygen atoms in total.